The lowest BCUT2D eigenvalue weighted by Crippen LogP contribution is -2.31. The Morgan fingerprint density at radius 1 is 1.27 bits per heavy atom. The summed E-state index contributed by atoms with van der Waals surface area (Å²) < 4.78 is 29.8. The lowest BCUT2D eigenvalue weighted by atomic mass is 10.1. The minimum atomic E-state index is -2.94. The van der Waals surface area contributed by atoms with Crippen LogP contribution in [0.15, 0.2) is 47.1 Å². The van der Waals surface area contributed by atoms with Crippen molar-refractivity contribution in [3.05, 3.63) is 52.6 Å². The fourth-order valence-electron chi connectivity index (χ4n) is 1.66. The van der Waals surface area contributed by atoms with E-state index in [2.05, 4.69) is 36.5 Å². The number of ether oxygens (including phenoxy) is 1. The molecule has 0 atom stereocenters. The minimum absolute atomic E-state index is 0.0191. The fourth-order valence-corrected chi connectivity index (χ4v) is 1.90. The number of carbonyl (C=O) groups is 1. The largest absolute Gasteiger partial charge is 0.435 e. The molecule has 0 aliphatic heterocycles. The van der Waals surface area contributed by atoms with Crippen molar-refractivity contribution < 1.29 is 18.3 Å². The lowest BCUT2D eigenvalue weighted by molar-refractivity contribution is -0.120. The highest BCUT2D eigenvalue weighted by Crippen LogP contribution is 2.20. The predicted molar refractivity (Wildman–Crippen MR) is 80.5 cm³/mol. The van der Waals surface area contributed by atoms with Crippen LogP contribution in [-0.2, 0) is 11.2 Å². The van der Waals surface area contributed by atoms with Crippen molar-refractivity contribution >= 4 is 27.7 Å². The minimum Gasteiger partial charge on any atom is -0.435 e. The van der Waals surface area contributed by atoms with Crippen LogP contribution in [0.3, 0.4) is 0 Å². The molecule has 2 rings (SSSR count). The van der Waals surface area contributed by atoms with Gasteiger partial charge in [-0.05, 0) is 34.1 Å². The van der Waals surface area contributed by atoms with Gasteiger partial charge in [-0.3, -0.25) is 15.6 Å². The highest BCUT2D eigenvalue weighted by atomic mass is 79.9. The molecule has 5 nitrogen and oxygen atoms in total. The zero-order valence-corrected chi connectivity index (χ0v) is 12.8. The van der Waals surface area contributed by atoms with Crippen molar-refractivity contribution in [1.29, 1.82) is 0 Å². The Morgan fingerprint density at radius 3 is 2.73 bits per heavy atom. The Hall–Kier alpha value is -2.22. The molecule has 1 heterocycles. The molecule has 0 bridgehead atoms. The number of hydrazine groups is 1. The Morgan fingerprint density at radius 2 is 2.05 bits per heavy atom. The van der Waals surface area contributed by atoms with Gasteiger partial charge in [-0.15, -0.1) is 0 Å². The van der Waals surface area contributed by atoms with E-state index in [1.807, 2.05) is 0 Å². The topological polar surface area (TPSA) is 63.2 Å². The summed E-state index contributed by atoms with van der Waals surface area (Å²) in [5.74, 6) is 0.0260. The summed E-state index contributed by atoms with van der Waals surface area (Å²) in [5.41, 5.74) is 5.44. The van der Waals surface area contributed by atoms with Gasteiger partial charge < -0.3 is 4.74 Å². The van der Waals surface area contributed by atoms with E-state index in [9.17, 15) is 13.6 Å². The zero-order chi connectivity index (χ0) is 15.9. The maximum atomic E-state index is 12.3. The molecule has 0 unspecified atom stereocenters. The Kier molecular flexibility index (Phi) is 5.65. The molecule has 0 saturated heterocycles. The smallest absolute Gasteiger partial charge is 0.387 e. The van der Waals surface area contributed by atoms with Crippen LogP contribution in [-0.4, -0.2) is 17.5 Å². The van der Waals surface area contributed by atoms with E-state index < -0.39 is 12.5 Å². The summed E-state index contributed by atoms with van der Waals surface area (Å²) >= 11 is 3.24. The number of hydrogen-bond acceptors (Lipinski definition) is 4. The van der Waals surface area contributed by atoms with E-state index >= 15 is 0 Å². The van der Waals surface area contributed by atoms with Gasteiger partial charge in [0, 0.05) is 16.2 Å². The van der Waals surface area contributed by atoms with Crippen LogP contribution in [0.4, 0.5) is 14.6 Å². The van der Waals surface area contributed by atoms with Crippen LogP contribution in [0.2, 0.25) is 0 Å². The number of alkyl halides is 2. The van der Waals surface area contributed by atoms with E-state index in [1.54, 1.807) is 36.5 Å². The normalized spacial score (nSPS) is 10.4. The van der Waals surface area contributed by atoms with Crippen molar-refractivity contribution in [2.45, 2.75) is 13.0 Å². The molecule has 0 radical (unpaired) electrons. The molecule has 8 heteroatoms. The molecule has 0 fully saturated rings. The van der Waals surface area contributed by atoms with Crippen molar-refractivity contribution in [1.82, 2.24) is 10.4 Å². The second kappa shape index (κ2) is 7.69. The first-order valence-electron chi connectivity index (χ1n) is 6.23. The molecule has 0 aliphatic rings. The summed E-state index contributed by atoms with van der Waals surface area (Å²) in [7, 11) is 0. The number of para-hydroxylation sites is 1. The van der Waals surface area contributed by atoms with Crippen LogP contribution in [0.25, 0.3) is 0 Å². The third kappa shape index (κ3) is 4.96. The maximum Gasteiger partial charge on any atom is 0.387 e. The quantitative estimate of drug-likeness (QED) is 0.765. The zero-order valence-electron chi connectivity index (χ0n) is 11.2. The fraction of sp³-hybridized carbons (Fsp3) is 0.143. The van der Waals surface area contributed by atoms with Crippen molar-refractivity contribution in [2.24, 2.45) is 0 Å². The number of pyridine rings is 1. The molecule has 2 N–H and O–H groups in total. The van der Waals surface area contributed by atoms with Crippen LogP contribution in [0.5, 0.6) is 5.75 Å². The second-order valence-corrected chi connectivity index (χ2v) is 5.11. The first-order valence-corrected chi connectivity index (χ1v) is 7.03. The molecule has 2 aromatic rings. The van der Waals surface area contributed by atoms with Crippen LogP contribution in [0, 0.1) is 0 Å². The molecule has 0 spiro atoms. The molecular weight excluding hydrogens is 360 g/mol. The molecule has 1 amide bonds. The first kappa shape index (κ1) is 16.2. The summed E-state index contributed by atoms with van der Waals surface area (Å²) in [6, 6.07) is 9.56. The van der Waals surface area contributed by atoms with E-state index in [-0.39, 0.29) is 12.2 Å². The summed E-state index contributed by atoms with van der Waals surface area (Å²) in [6.45, 7) is -2.94. The number of rotatable bonds is 6. The Labute approximate surface area is 133 Å². The summed E-state index contributed by atoms with van der Waals surface area (Å²) in [6.07, 6.45) is 1.46. The van der Waals surface area contributed by atoms with Crippen molar-refractivity contribution in [3.8, 4) is 5.75 Å². The molecule has 1 aromatic carbocycles. The Bertz CT molecular complexity index is 638. The van der Waals surface area contributed by atoms with Gasteiger partial charge in [-0.1, -0.05) is 18.2 Å². The second-order valence-electron chi connectivity index (χ2n) is 4.20. The highest BCUT2D eigenvalue weighted by molar-refractivity contribution is 9.10. The third-order valence-corrected chi connectivity index (χ3v) is 3.07. The SMILES string of the molecule is O=C(Cc1ccccc1OC(F)F)NNc1ccc(Br)cn1. The van der Waals surface area contributed by atoms with Crippen molar-refractivity contribution in [2.75, 3.05) is 5.43 Å². The van der Waals surface area contributed by atoms with Crippen LogP contribution in [0.1, 0.15) is 5.56 Å². The average molecular weight is 372 g/mol. The summed E-state index contributed by atoms with van der Waals surface area (Å²) in [5, 5.41) is 0. The molecular formula is C14H12BrF2N3O2. The van der Waals surface area contributed by atoms with Gasteiger partial charge in [0.05, 0.1) is 6.42 Å². The predicted octanol–water partition coefficient (Wildman–Crippen LogP) is 3.13. The van der Waals surface area contributed by atoms with E-state index in [0.717, 1.165) is 4.47 Å². The van der Waals surface area contributed by atoms with Gasteiger partial charge >= 0.3 is 6.61 Å². The molecule has 116 valence electrons. The van der Waals surface area contributed by atoms with Gasteiger partial charge in [0.15, 0.2) is 0 Å². The van der Waals surface area contributed by atoms with E-state index in [4.69, 9.17) is 0 Å². The lowest BCUT2D eigenvalue weighted by Gasteiger charge is -2.11. The average Bonchev–Trinajstić information content (AvgIpc) is 2.48. The molecule has 0 aliphatic carbocycles. The monoisotopic (exact) mass is 371 g/mol. The van der Waals surface area contributed by atoms with Gasteiger partial charge in [0.1, 0.15) is 11.6 Å². The molecule has 0 saturated carbocycles. The van der Waals surface area contributed by atoms with Crippen molar-refractivity contribution in [3.63, 3.8) is 0 Å². The number of amides is 1. The van der Waals surface area contributed by atoms with Gasteiger partial charge in [0.25, 0.3) is 0 Å². The number of carbonyl (C=O) groups excluding carboxylic acids is 1. The maximum absolute atomic E-state index is 12.3. The molecule has 22 heavy (non-hydrogen) atoms. The van der Waals surface area contributed by atoms with Gasteiger partial charge in [-0.2, -0.15) is 8.78 Å². The first-order chi connectivity index (χ1) is 10.5. The summed E-state index contributed by atoms with van der Waals surface area (Å²) in [4.78, 5) is 15.9. The Balaban J connectivity index is 1.93. The number of hydrogen-bond donors (Lipinski definition) is 2. The third-order valence-electron chi connectivity index (χ3n) is 2.60. The highest BCUT2D eigenvalue weighted by Gasteiger charge is 2.12. The number of benzene rings is 1. The standard InChI is InChI=1S/C14H12BrF2N3O2/c15-10-5-6-12(18-8-10)19-20-13(21)7-9-3-1-2-4-11(9)22-14(16)17/h1-6,8,14H,7H2,(H,18,19)(H,20,21). The number of aromatic nitrogens is 1. The van der Waals surface area contributed by atoms with E-state index in [0.29, 0.717) is 11.4 Å². The van der Waals surface area contributed by atoms with Crippen LogP contribution < -0.4 is 15.6 Å². The number of anilines is 1. The molecule has 1 aromatic heterocycles. The number of halogens is 3. The number of nitrogens with one attached hydrogen (secondary N) is 2. The van der Waals surface area contributed by atoms with Gasteiger partial charge in [0.2, 0.25) is 5.91 Å². The van der Waals surface area contributed by atoms with Crippen LogP contribution >= 0.6 is 15.9 Å². The van der Waals surface area contributed by atoms with Gasteiger partial charge in [-0.25, -0.2) is 4.98 Å². The van der Waals surface area contributed by atoms with E-state index in [1.165, 1.54) is 6.07 Å². The number of nitrogens with zero attached hydrogens (tertiary/aromatic N) is 1.